The first kappa shape index (κ1) is 24.0. The molecule has 0 spiro atoms. The quantitative estimate of drug-likeness (QED) is 0.162. The topological polar surface area (TPSA) is 173 Å². The highest BCUT2D eigenvalue weighted by Gasteiger charge is 2.66. The van der Waals surface area contributed by atoms with Crippen LogP contribution in [0.4, 0.5) is 4.79 Å². The van der Waals surface area contributed by atoms with Crippen molar-refractivity contribution >= 4 is 23.9 Å². The van der Waals surface area contributed by atoms with E-state index < -0.39 is 29.4 Å². The Kier molecular flexibility index (Phi) is 8.66. The first-order valence-corrected chi connectivity index (χ1v) is 9.38. The number of pyridine rings is 1. The third-order valence-electron chi connectivity index (χ3n) is 4.34. The molecule has 0 aromatic carbocycles. The fraction of sp³-hybridized carbons (Fsp3) is 0.500. The number of nitrogens with one attached hydrogen (secondary N) is 2. The second-order valence-corrected chi connectivity index (χ2v) is 6.49. The normalized spacial score (nSPS) is 19.2. The van der Waals surface area contributed by atoms with E-state index >= 15 is 0 Å². The first-order chi connectivity index (χ1) is 14.8. The van der Waals surface area contributed by atoms with Gasteiger partial charge in [-0.1, -0.05) is 0 Å². The number of alkyl carbamates (subject to hydrolysis) is 1. The highest BCUT2D eigenvalue weighted by atomic mass is 16.9. The summed E-state index contributed by atoms with van der Waals surface area (Å²) in [5.41, 5.74) is 7.25. The number of carbonyl (C=O) groups is 4. The van der Waals surface area contributed by atoms with Gasteiger partial charge < -0.3 is 41.2 Å². The number of hydrogen-bond donors (Lipinski definition) is 3. The van der Waals surface area contributed by atoms with E-state index in [-0.39, 0.29) is 38.8 Å². The second kappa shape index (κ2) is 11.2. The number of primary amides is 1. The molecule has 1 aliphatic carbocycles. The number of ether oxygens (including phenoxy) is 2. The summed E-state index contributed by atoms with van der Waals surface area (Å²) in [6.07, 6.45) is 2.15. The lowest BCUT2D eigenvalue weighted by Gasteiger charge is -2.17. The van der Waals surface area contributed by atoms with Gasteiger partial charge in [-0.25, -0.2) is 9.59 Å². The smallest absolute Gasteiger partial charge is 0.412 e. The van der Waals surface area contributed by atoms with Gasteiger partial charge in [0.05, 0.1) is 12.5 Å². The van der Waals surface area contributed by atoms with Gasteiger partial charge in [-0.2, -0.15) is 4.57 Å². The predicted octanol–water partition coefficient (Wildman–Crippen LogP) is -0.939. The average molecular weight is 439 g/mol. The summed E-state index contributed by atoms with van der Waals surface area (Å²) >= 11 is 0. The Morgan fingerprint density at radius 3 is 2.74 bits per heavy atom. The number of carbonyl (C=O) groups excluding carboxylic acids is 4. The molecule has 2 rings (SSSR count). The number of aromatic nitrogens is 1. The van der Waals surface area contributed by atoms with Crippen LogP contribution in [0, 0.1) is 5.92 Å². The standard InChI is InChI=1S/C18H25N5O8/c1-3-29-16(26)18(9-13(18)14(19)24)21-17(27)30-11-23-7-4-5-12(10-23)15(25)20-6-8-31-22-28-2/h4-5,7,10,13H,3,6,8-9,11H2,1-2H3,(H2,19,24)(H,20,25)(H,21,27). The minimum atomic E-state index is -1.51. The summed E-state index contributed by atoms with van der Waals surface area (Å²) in [6, 6.07) is 3.17. The van der Waals surface area contributed by atoms with Gasteiger partial charge in [-0.15, -0.1) is 0 Å². The molecule has 170 valence electrons. The van der Waals surface area contributed by atoms with Crippen LogP contribution in [0.5, 0.6) is 0 Å². The van der Waals surface area contributed by atoms with E-state index in [1.165, 1.54) is 17.9 Å². The number of rotatable bonds is 12. The minimum absolute atomic E-state index is 0.0421. The molecule has 31 heavy (non-hydrogen) atoms. The van der Waals surface area contributed by atoms with Gasteiger partial charge >= 0.3 is 12.1 Å². The van der Waals surface area contributed by atoms with Gasteiger partial charge in [0.15, 0.2) is 17.9 Å². The molecule has 1 fully saturated rings. The molecule has 0 radical (unpaired) electrons. The van der Waals surface area contributed by atoms with Crippen LogP contribution in [0.25, 0.3) is 5.64 Å². The zero-order valence-electron chi connectivity index (χ0n) is 17.2. The van der Waals surface area contributed by atoms with Gasteiger partial charge in [0.1, 0.15) is 5.56 Å². The summed E-state index contributed by atoms with van der Waals surface area (Å²) in [4.78, 5) is 57.0. The lowest BCUT2D eigenvalue weighted by atomic mass is 10.2. The van der Waals surface area contributed by atoms with Crippen molar-refractivity contribution in [3.63, 3.8) is 0 Å². The van der Waals surface area contributed by atoms with Crippen LogP contribution in [-0.2, 0) is 35.5 Å². The molecule has 1 heterocycles. The molecule has 1 aliphatic rings. The Labute approximate surface area is 178 Å². The van der Waals surface area contributed by atoms with Crippen LogP contribution in [-0.4, -0.2) is 56.3 Å². The molecule has 1 aromatic heterocycles. The Bertz CT molecular complexity index is 820. The van der Waals surface area contributed by atoms with Gasteiger partial charge in [0, 0.05) is 26.3 Å². The van der Waals surface area contributed by atoms with E-state index in [4.69, 9.17) is 20.0 Å². The van der Waals surface area contributed by atoms with Gasteiger partial charge in [0.2, 0.25) is 5.91 Å². The van der Waals surface area contributed by atoms with Crippen LogP contribution < -0.4 is 20.9 Å². The molecule has 0 saturated heterocycles. The molecule has 0 aliphatic heterocycles. The molecule has 0 bridgehead atoms. The van der Waals surface area contributed by atoms with Gasteiger partial charge in [0.25, 0.3) is 12.6 Å². The van der Waals surface area contributed by atoms with Crippen molar-refractivity contribution in [1.29, 1.82) is 0 Å². The third-order valence-corrected chi connectivity index (χ3v) is 4.34. The van der Waals surface area contributed by atoms with E-state index in [2.05, 4.69) is 21.1 Å². The summed E-state index contributed by atoms with van der Waals surface area (Å²) in [6.45, 7) is 1.78. The van der Waals surface area contributed by atoms with Crippen molar-refractivity contribution in [3.05, 3.63) is 35.7 Å². The summed E-state index contributed by atoms with van der Waals surface area (Å²) in [5, 5.41) is 4.99. The lowest BCUT2D eigenvalue weighted by Crippen LogP contribution is -2.49. The van der Waals surface area contributed by atoms with Crippen LogP contribution in [0.15, 0.2) is 24.5 Å². The second-order valence-electron chi connectivity index (χ2n) is 6.49. The van der Waals surface area contributed by atoms with Crippen LogP contribution in [0.2, 0.25) is 0 Å². The average Bonchev–Trinajstić information content (AvgIpc) is 3.48. The Morgan fingerprint density at radius 2 is 2.10 bits per heavy atom. The van der Waals surface area contributed by atoms with Crippen molar-refractivity contribution in [1.82, 2.24) is 10.6 Å². The van der Waals surface area contributed by atoms with Crippen molar-refractivity contribution in [2.24, 2.45) is 11.7 Å². The van der Waals surface area contributed by atoms with Crippen molar-refractivity contribution < 1.29 is 42.9 Å². The Hall–Kier alpha value is -3.29. The fourth-order valence-corrected chi connectivity index (χ4v) is 2.77. The number of nitrogens with zero attached hydrogens (tertiary/aromatic N) is 2. The van der Waals surface area contributed by atoms with Crippen molar-refractivity contribution in [2.75, 3.05) is 26.9 Å². The number of hydrogen-bond acceptors (Lipinski definition) is 8. The van der Waals surface area contributed by atoms with Crippen LogP contribution >= 0.6 is 0 Å². The maximum absolute atomic E-state index is 12.2. The SMILES string of the molecule is CCOC(=O)C1(NC(=O)OC[n+]2cccc(C(=O)NCCO[N-]OC)c2)CC1C(N)=O. The molecule has 1 saturated carbocycles. The number of amides is 3. The van der Waals surface area contributed by atoms with Gasteiger partial charge in [-0.3, -0.25) is 9.59 Å². The monoisotopic (exact) mass is 439 g/mol. The lowest BCUT2D eigenvalue weighted by molar-refractivity contribution is -0.727. The van der Waals surface area contributed by atoms with E-state index in [0.29, 0.717) is 5.56 Å². The van der Waals surface area contributed by atoms with E-state index in [1.807, 2.05) is 0 Å². The summed E-state index contributed by atoms with van der Waals surface area (Å²) < 4.78 is 11.5. The molecule has 4 N–H and O–H groups in total. The highest BCUT2D eigenvalue weighted by Crippen LogP contribution is 2.44. The molecular weight excluding hydrogens is 414 g/mol. The molecule has 1 aromatic rings. The largest absolute Gasteiger partial charge is 0.465 e. The third kappa shape index (κ3) is 6.60. The summed E-state index contributed by atoms with van der Waals surface area (Å²) in [5.74, 6) is -2.70. The van der Waals surface area contributed by atoms with E-state index in [1.54, 1.807) is 25.3 Å². The molecule has 2 unspecified atom stereocenters. The minimum Gasteiger partial charge on any atom is -0.465 e. The predicted molar refractivity (Wildman–Crippen MR) is 102 cm³/mol. The van der Waals surface area contributed by atoms with Crippen molar-refractivity contribution in [2.45, 2.75) is 25.6 Å². The van der Waals surface area contributed by atoms with Gasteiger partial charge in [-0.05, 0) is 19.4 Å². The van der Waals surface area contributed by atoms with Crippen LogP contribution in [0.3, 0.4) is 0 Å². The Balaban J connectivity index is 1.87. The van der Waals surface area contributed by atoms with Crippen LogP contribution in [0.1, 0.15) is 23.7 Å². The zero-order chi connectivity index (χ0) is 22.9. The highest BCUT2D eigenvalue weighted by molar-refractivity contribution is 5.98. The Morgan fingerprint density at radius 1 is 1.32 bits per heavy atom. The fourth-order valence-electron chi connectivity index (χ4n) is 2.77. The number of nitrogens with two attached hydrogens (primary N) is 1. The zero-order valence-corrected chi connectivity index (χ0v) is 17.2. The maximum Gasteiger partial charge on any atom is 0.412 e. The summed E-state index contributed by atoms with van der Waals surface area (Å²) in [7, 11) is 1.33. The molecule has 2 atom stereocenters. The molecular formula is C18H25N5O8. The number of esters is 1. The molecule has 13 heteroatoms. The van der Waals surface area contributed by atoms with E-state index in [0.717, 1.165) is 0 Å². The van der Waals surface area contributed by atoms with E-state index in [9.17, 15) is 19.2 Å². The first-order valence-electron chi connectivity index (χ1n) is 9.38. The molecule has 13 nitrogen and oxygen atoms in total. The van der Waals surface area contributed by atoms with Crippen molar-refractivity contribution in [3.8, 4) is 0 Å². The maximum atomic E-state index is 12.2. The molecule has 3 amide bonds.